The van der Waals surface area contributed by atoms with Crippen molar-refractivity contribution in [3.63, 3.8) is 0 Å². The topological polar surface area (TPSA) is 87.3 Å². The largest absolute Gasteiger partial charge is 0.352 e. The highest BCUT2D eigenvalue weighted by atomic mass is 32.2. The van der Waals surface area contributed by atoms with Gasteiger partial charge < -0.3 is 10.6 Å². The zero-order chi connectivity index (χ0) is 16.0. The Kier molecular flexibility index (Phi) is 5.93. The van der Waals surface area contributed by atoms with E-state index < -0.39 is 10.0 Å². The molecule has 1 aliphatic rings. The second-order valence-electron chi connectivity index (χ2n) is 5.54. The number of sulfonamides is 1. The Morgan fingerprint density at radius 1 is 1.27 bits per heavy atom. The summed E-state index contributed by atoms with van der Waals surface area (Å²) in [6.45, 7) is 1.85. The second-order valence-corrected chi connectivity index (χ2v) is 7.30. The number of nitrogens with one attached hydrogen (secondary N) is 3. The van der Waals surface area contributed by atoms with Gasteiger partial charge in [0.05, 0.1) is 4.90 Å². The molecular formula is C15H23N3O3S. The Morgan fingerprint density at radius 3 is 2.73 bits per heavy atom. The maximum Gasteiger partial charge on any atom is 0.251 e. The second kappa shape index (κ2) is 7.71. The number of benzene rings is 1. The van der Waals surface area contributed by atoms with Crippen LogP contribution in [0.2, 0.25) is 0 Å². The molecule has 1 aliphatic carbocycles. The van der Waals surface area contributed by atoms with Gasteiger partial charge in [0.1, 0.15) is 0 Å². The average molecular weight is 325 g/mol. The highest BCUT2D eigenvalue weighted by Gasteiger charge is 2.24. The summed E-state index contributed by atoms with van der Waals surface area (Å²) in [7, 11) is -1.69. The van der Waals surface area contributed by atoms with Gasteiger partial charge in [-0.05, 0) is 57.0 Å². The maximum absolute atomic E-state index is 12.2. The van der Waals surface area contributed by atoms with Crippen LogP contribution in [0.5, 0.6) is 0 Å². The van der Waals surface area contributed by atoms with E-state index in [0.29, 0.717) is 24.6 Å². The summed E-state index contributed by atoms with van der Waals surface area (Å²) in [6.07, 6.45) is 2.98. The molecule has 0 bridgehead atoms. The number of amides is 1. The first-order chi connectivity index (χ1) is 10.5. The summed E-state index contributed by atoms with van der Waals surface area (Å²) in [5, 5.41) is 5.78. The van der Waals surface area contributed by atoms with Crippen molar-refractivity contribution < 1.29 is 13.2 Å². The van der Waals surface area contributed by atoms with Crippen LogP contribution in [0, 0.1) is 5.92 Å². The number of rotatable bonds is 9. The molecule has 0 saturated heterocycles. The smallest absolute Gasteiger partial charge is 0.251 e. The van der Waals surface area contributed by atoms with Crippen LogP contribution in [-0.2, 0) is 10.0 Å². The van der Waals surface area contributed by atoms with E-state index in [-0.39, 0.29) is 10.8 Å². The molecule has 1 fully saturated rings. The molecule has 1 saturated carbocycles. The summed E-state index contributed by atoms with van der Waals surface area (Å²) in [5.41, 5.74) is 0.360. The fourth-order valence-corrected chi connectivity index (χ4v) is 3.17. The molecule has 1 aromatic carbocycles. The van der Waals surface area contributed by atoms with Crippen LogP contribution in [0.3, 0.4) is 0 Å². The summed E-state index contributed by atoms with van der Waals surface area (Å²) >= 11 is 0. The zero-order valence-corrected chi connectivity index (χ0v) is 13.6. The highest BCUT2D eigenvalue weighted by molar-refractivity contribution is 7.89. The minimum absolute atomic E-state index is 0.135. The lowest BCUT2D eigenvalue weighted by atomic mass is 10.2. The van der Waals surface area contributed by atoms with Gasteiger partial charge in [0.25, 0.3) is 5.91 Å². The number of hydrogen-bond acceptors (Lipinski definition) is 4. The average Bonchev–Trinajstić information content (AvgIpc) is 3.34. The molecule has 0 atom stereocenters. The maximum atomic E-state index is 12.2. The van der Waals surface area contributed by atoms with Crippen molar-refractivity contribution in [2.75, 3.05) is 26.7 Å². The van der Waals surface area contributed by atoms with E-state index in [1.807, 2.05) is 7.05 Å². The van der Waals surface area contributed by atoms with E-state index in [9.17, 15) is 13.2 Å². The lowest BCUT2D eigenvalue weighted by Crippen LogP contribution is -2.28. The number of carbonyl (C=O) groups is 1. The molecule has 7 heteroatoms. The Hall–Kier alpha value is -1.44. The van der Waals surface area contributed by atoms with Gasteiger partial charge in [0.2, 0.25) is 10.0 Å². The van der Waals surface area contributed by atoms with Crippen LogP contribution < -0.4 is 15.4 Å². The van der Waals surface area contributed by atoms with Gasteiger partial charge in [0, 0.05) is 18.7 Å². The molecule has 3 N–H and O–H groups in total. The molecule has 22 heavy (non-hydrogen) atoms. The Morgan fingerprint density at radius 2 is 2.05 bits per heavy atom. The Balaban J connectivity index is 1.97. The first kappa shape index (κ1) is 16.9. The van der Waals surface area contributed by atoms with E-state index in [4.69, 9.17) is 0 Å². The van der Waals surface area contributed by atoms with Gasteiger partial charge in [-0.1, -0.05) is 6.07 Å². The Labute approximate surface area is 131 Å². The standard InChI is InChI=1S/C15H23N3O3S/c1-16-8-3-9-17-15(19)13-4-2-5-14(10-13)22(20,21)18-11-12-6-7-12/h2,4-5,10,12,16,18H,3,6-9,11H2,1H3,(H,17,19). The molecular weight excluding hydrogens is 302 g/mol. The van der Waals surface area contributed by atoms with Gasteiger partial charge in [0.15, 0.2) is 0 Å². The van der Waals surface area contributed by atoms with Gasteiger partial charge in [-0.2, -0.15) is 0 Å². The first-order valence-corrected chi connectivity index (χ1v) is 9.04. The predicted octanol–water partition coefficient (Wildman–Crippen LogP) is 0.714. The summed E-state index contributed by atoms with van der Waals surface area (Å²) < 4.78 is 27.0. The lowest BCUT2D eigenvalue weighted by molar-refractivity contribution is 0.0953. The SMILES string of the molecule is CNCCCNC(=O)c1cccc(S(=O)(=O)NCC2CC2)c1. The molecule has 1 aromatic rings. The van der Waals surface area contributed by atoms with E-state index in [0.717, 1.165) is 25.8 Å². The number of carbonyl (C=O) groups excluding carboxylic acids is 1. The molecule has 0 radical (unpaired) electrons. The minimum Gasteiger partial charge on any atom is -0.352 e. The zero-order valence-electron chi connectivity index (χ0n) is 12.8. The molecule has 0 aromatic heterocycles. The van der Waals surface area contributed by atoms with Gasteiger partial charge in [-0.3, -0.25) is 4.79 Å². The van der Waals surface area contributed by atoms with Crippen molar-refractivity contribution in [2.45, 2.75) is 24.2 Å². The van der Waals surface area contributed by atoms with Crippen molar-refractivity contribution in [1.29, 1.82) is 0 Å². The van der Waals surface area contributed by atoms with Gasteiger partial charge in [-0.15, -0.1) is 0 Å². The molecule has 0 spiro atoms. The first-order valence-electron chi connectivity index (χ1n) is 7.55. The summed E-state index contributed by atoms with van der Waals surface area (Å²) in [5.74, 6) is 0.212. The minimum atomic E-state index is -3.54. The van der Waals surface area contributed by atoms with Crippen LogP contribution in [0.15, 0.2) is 29.2 Å². The van der Waals surface area contributed by atoms with Crippen molar-refractivity contribution in [1.82, 2.24) is 15.4 Å². The molecule has 0 aliphatic heterocycles. The van der Waals surface area contributed by atoms with E-state index in [1.165, 1.54) is 12.1 Å². The van der Waals surface area contributed by atoms with E-state index >= 15 is 0 Å². The van der Waals surface area contributed by atoms with Gasteiger partial charge in [-0.25, -0.2) is 13.1 Å². The highest BCUT2D eigenvalue weighted by Crippen LogP contribution is 2.28. The monoisotopic (exact) mass is 325 g/mol. The van der Waals surface area contributed by atoms with Crippen molar-refractivity contribution in [2.24, 2.45) is 5.92 Å². The van der Waals surface area contributed by atoms with Crippen molar-refractivity contribution in [3.8, 4) is 0 Å². The third-order valence-corrected chi connectivity index (χ3v) is 4.98. The van der Waals surface area contributed by atoms with Gasteiger partial charge >= 0.3 is 0 Å². The summed E-state index contributed by atoms with van der Waals surface area (Å²) in [6, 6.07) is 6.14. The quantitative estimate of drug-likeness (QED) is 0.584. The predicted molar refractivity (Wildman–Crippen MR) is 85.2 cm³/mol. The normalized spacial score (nSPS) is 14.8. The van der Waals surface area contributed by atoms with Crippen LogP contribution in [-0.4, -0.2) is 41.0 Å². The fraction of sp³-hybridized carbons (Fsp3) is 0.533. The lowest BCUT2D eigenvalue weighted by Gasteiger charge is -2.09. The van der Waals surface area contributed by atoms with E-state index in [1.54, 1.807) is 12.1 Å². The molecule has 0 heterocycles. The Bertz CT molecular complexity index is 612. The molecule has 122 valence electrons. The van der Waals surface area contributed by atoms with Crippen molar-refractivity contribution >= 4 is 15.9 Å². The number of hydrogen-bond donors (Lipinski definition) is 3. The van der Waals surface area contributed by atoms with Crippen LogP contribution >= 0.6 is 0 Å². The van der Waals surface area contributed by atoms with Crippen molar-refractivity contribution in [3.05, 3.63) is 29.8 Å². The van der Waals surface area contributed by atoms with Crippen LogP contribution in [0.25, 0.3) is 0 Å². The molecule has 6 nitrogen and oxygen atoms in total. The third-order valence-electron chi connectivity index (χ3n) is 3.55. The van der Waals surface area contributed by atoms with Crippen LogP contribution in [0.4, 0.5) is 0 Å². The molecule has 2 rings (SSSR count). The van der Waals surface area contributed by atoms with Crippen LogP contribution in [0.1, 0.15) is 29.6 Å². The summed E-state index contributed by atoms with van der Waals surface area (Å²) in [4.78, 5) is 12.2. The fourth-order valence-electron chi connectivity index (χ4n) is 2.01. The third kappa shape index (κ3) is 5.08. The molecule has 1 amide bonds. The van der Waals surface area contributed by atoms with E-state index in [2.05, 4.69) is 15.4 Å². The molecule has 0 unspecified atom stereocenters.